The summed E-state index contributed by atoms with van der Waals surface area (Å²) in [5, 5.41) is 0. The Morgan fingerprint density at radius 1 is 1.30 bits per heavy atom. The van der Waals surface area contributed by atoms with E-state index in [0.29, 0.717) is 13.0 Å². The molecule has 1 amide bonds. The van der Waals surface area contributed by atoms with Crippen LogP contribution in [-0.4, -0.2) is 20.5 Å². The SMILES string of the molecule is C#CC1CC(=O)N(c2ccccc2C#C[Si](C)(C)C)C1. The van der Waals surface area contributed by atoms with E-state index in [1.165, 1.54) is 0 Å². The van der Waals surface area contributed by atoms with E-state index < -0.39 is 8.07 Å². The van der Waals surface area contributed by atoms with Gasteiger partial charge in [-0.15, -0.1) is 17.9 Å². The minimum atomic E-state index is -1.44. The molecule has 0 radical (unpaired) electrons. The third-order valence-electron chi connectivity index (χ3n) is 3.13. The first kappa shape index (κ1) is 14.4. The summed E-state index contributed by atoms with van der Waals surface area (Å²) < 4.78 is 0. The zero-order valence-corrected chi connectivity index (χ0v) is 13.2. The summed E-state index contributed by atoms with van der Waals surface area (Å²) in [7, 11) is -1.44. The van der Waals surface area contributed by atoms with Crippen molar-refractivity contribution >= 4 is 19.7 Å². The Balaban J connectivity index is 2.36. The maximum atomic E-state index is 12.1. The molecule has 20 heavy (non-hydrogen) atoms. The van der Waals surface area contributed by atoms with Gasteiger partial charge in [-0.3, -0.25) is 4.79 Å². The number of hydrogen-bond acceptors (Lipinski definition) is 1. The number of carbonyl (C=O) groups excluding carboxylic acids is 1. The number of hydrogen-bond donors (Lipinski definition) is 0. The van der Waals surface area contributed by atoms with Crippen molar-refractivity contribution in [3.05, 3.63) is 29.8 Å². The monoisotopic (exact) mass is 281 g/mol. The molecule has 1 heterocycles. The Kier molecular flexibility index (Phi) is 4.02. The minimum absolute atomic E-state index is 0.0144. The number of carbonyl (C=O) groups is 1. The zero-order valence-electron chi connectivity index (χ0n) is 12.2. The molecule has 0 aromatic heterocycles. The number of terminal acetylenes is 1. The molecule has 0 N–H and O–H groups in total. The predicted octanol–water partition coefficient (Wildman–Crippen LogP) is 2.90. The second kappa shape index (κ2) is 5.57. The zero-order chi connectivity index (χ0) is 14.8. The third-order valence-corrected chi connectivity index (χ3v) is 4.00. The standard InChI is InChI=1S/C17H19NOSi/c1-5-14-12-17(19)18(13-14)16-9-7-6-8-15(16)10-11-20(2,3)4/h1,6-9,14H,12-13H2,2-4H3. The molecule has 1 aromatic rings. The predicted molar refractivity (Wildman–Crippen MR) is 86.0 cm³/mol. The van der Waals surface area contributed by atoms with E-state index in [9.17, 15) is 4.79 Å². The molecule has 1 aromatic carbocycles. The third kappa shape index (κ3) is 3.32. The number of para-hydroxylation sites is 1. The van der Waals surface area contributed by atoms with Gasteiger partial charge < -0.3 is 4.90 Å². The van der Waals surface area contributed by atoms with Gasteiger partial charge in [0.05, 0.1) is 5.69 Å². The smallest absolute Gasteiger partial charge is 0.228 e. The van der Waals surface area contributed by atoms with Crippen molar-refractivity contribution in [2.75, 3.05) is 11.4 Å². The lowest BCUT2D eigenvalue weighted by atomic mass is 10.1. The Morgan fingerprint density at radius 3 is 2.60 bits per heavy atom. The highest BCUT2D eigenvalue weighted by molar-refractivity contribution is 6.83. The second-order valence-electron chi connectivity index (χ2n) is 6.09. The maximum absolute atomic E-state index is 12.1. The van der Waals surface area contributed by atoms with Crippen molar-refractivity contribution in [1.29, 1.82) is 0 Å². The van der Waals surface area contributed by atoms with Gasteiger partial charge in [0.1, 0.15) is 8.07 Å². The van der Waals surface area contributed by atoms with E-state index in [1.54, 1.807) is 4.90 Å². The van der Waals surface area contributed by atoms with E-state index in [4.69, 9.17) is 6.42 Å². The summed E-state index contributed by atoms with van der Waals surface area (Å²) in [5.74, 6) is 6.03. The molecule has 1 saturated heterocycles. The molecular formula is C17H19NOSi. The first-order valence-electron chi connectivity index (χ1n) is 6.79. The van der Waals surface area contributed by atoms with Gasteiger partial charge in [0.2, 0.25) is 5.91 Å². The van der Waals surface area contributed by atoms with Crippen LogP contribution in [0.2, 0.25) is 19.6 Å². The van der Waals surface area contributed by atoms with Crippen LogP contribution in [0.25, 0.3) is 0 Å². The van der Waals surface area contributed by atoms with Crippen LogP contribution in [0.5, 0.6) is 0 Å². The summed E-state index contributed by atoms with van der Waals surface area (Å²) in [5.41, 5.74) is 5.16. The van der Waals surface area contributed by atoms with Crippen molar-refractivity contribution in [3.8, 4) is 23.8 Å². The molecule has 0 bridgehead atoms. The Labute approximate surface area is 122 Å². The fourth-order valence-electron chi connectivity index (χ4n) is 2.12. The number of amides is 1. The molecule has 0 aliphatic carbocycles. The largest absolute Gasteiger partial charge is 0.310 e. The topological polar surface area (TPSA) is 20.3 Å². The Hall–Kier alpha value is -1.97. The van der Waals surface area contributed by atoms with Gasteiger partial charge in [-0.1, -0.05) is 37.7 Å². The highest BCUT2D eigenvalue weighted by Crippen LogP contribution is 2.27. The average molecular weight is 281 g/mol. The summed E-state index contributed by atoms with van der Waals surface area (Å²) in [6, 6.07) is 7.81. The van der Waals surface area contributed by atoms with Crippen LogP contribution in [0, 0.1) is 29.7 Å². The fourth-order valence-corrected chi connectivity index (χ4v) is 2.63. The first-order chi connectivity index (χ1) is 9.40. The lowest BCUT2D eigenvalue weighted by molar-refractivity contribution is -0.117. The lowest BCUT2D eigenvalue weighted by Crippen LogP contribution is -2.25. The van der Waals surface area contributed by atoms with Crippen molar-refractivity contribution in [1.82, 2.24) is 0 Å². The highest BCUT2D eigenvalue weighted by atomic mass is 28.3. The lowest BCUT2D eigenvalue weighted by Gasteiger charge is -2.18. The molecule has 1 fully saturated rings. The van der Waals surface area contributed by atoms with Crippen LogP contribution >= 0.6 is 0 Å². The van der Waals surface area contributed by atoms with Crippen LogP contribution in [0.4, 0.5) is 5.69 Å². The molecule has 2 rings (SSSR count). The molecule has 1 aliphatic heterocycles. The van der Waals surface area contributed by atoms with Crippen molar-refractivity contribution in [3.63, 3.8) is 0 Å². The Morgan fingerprint density at radius 2 is 2.00 bits per heavy atom. The quantitative estimate of drug-likeness (QED) is 0.572. The van der Waals surface area contributed by atoms with Gasteiger partial charge in [-0.25, -0.2) is 0 Å². The van der Waals surface area contributed by atoms with Crippen LogP contribution in [-0.2, 0) is 4.79 Å². The second-order valence-corrected chi connectivity index (χ2v) is 10.8. The van der Waals surface area contributed by atoms with Gasteiger partial charge in [0, 0.05) is 24.4 Å². The summed E-state index contributed by atoms with van der Waals surface area (Å²) >= 11 is 0. The normalized spacial score (nSPS) is 18.4. The maximum Gasteiger partial charge on any atom is 0.228 e. The highest BCUT2D eigenvalue weighted by Gasteiger charge is 2.30. The molecule has 1 atom stereocenters. The van der Waals surface area contributed by atoms with E-state index in [1.807, 2.05) is 24.3 Å². The molecule has 1 unspecified atom stereocenters. The van der Waals surface area contributed by atoms with Crippen LogP contribution in [0.15, 0.2) is 24.3 Å². The minimum Gasteiger partial charge on any atom is -0.310 e. The molecule has 1 aliphatic rings. The Bertz CT molecular complexity index is 625. The molecular weight excluding hydrogens is 262 g/mol. The van der Waals surface area contributed by atoms with E-state index in [2.05, 4.69) is 37.0 Å². The fraction of sp³-hybridized carbons (Fsp3) is 0.353. The van der Waals surface area contributed by atoms with Gasteiger partial charge in [0.25, 0.3) is 0 Å². The number of rotatable bonds is 1. The average Bonchev–Trinajstić information content (AvgIpc) is 2.77. The molecule has 102 valence electrons. The summed E-state index contributed by atoms with van der Waals surface area (Å²) in [6.07, 6.45) is 5.88. The van der Waals surface area contributed by atoms with E-state index in [-0.39, 0.29) is 11.8 Å². The molecule has 0 saturated carbocycles. The van der Waals surface area contributed by atoms with Gasteiger partial charge in [-0.05, 0) is 12.1 Å². The van der Waals surface area contributed by atoms with Crippen molar-refractivity contribution in [2.24, 2.45) is 5.92 Å². The van der Waals surface area contributed by atoms with E-state index in [0.717, 1.165) is 11.3 Å². The van der Waals surface area contributed by atoms with Gasteiger partial charge in [0.15, 0.2) is 0 Å². The van der Waals surface area contributed by atoms with Gasteiger partial charge in [-0.2, -0.15) is 0 Å². The van der Waals surface area contributed by atoms with Crippen molar-refractivity contribution in [2.45, 2.75) is 26.1 Å². The van der Waals surface area contributed by atoms with Crippen molar-refractivity contribution < 1.29 is 4.79 Å². The first-order valence-corrected chi connectivity index (χ1v) is 10.3. The number of benzene rings is 1. The van der Waals surface area contributed by atoms with Crippen LogP contribution in [0.3, 0.4) is 0 Å². The van der Waals surface area contributed by atoms with Crippen LogP contribution in [0.1, 0.15) is 12.0 Å². The summed E-state index contributed by atoms with van der Waals surface area (Å²) in [4.78, 5) is 13.9. The molecule has 3 heteroatoms. The van der Waals surface area contributed by atoms with Gasteiger partial charge >= 0.3 is 0 Å². The molecule has 0 spiro atoms. The van der Waals surface area contributed by atoms with Crippen LogP contribution < -0.4 is 4.90 Å². The van der Waals surface area contributed by atoms with E-state index >= 15 is 0 Å². The number of anilines is 1. The molecule has 2 nitrogen and oxygen atoms in total. The number of nitrogens with zero attached hydrogens (tertiary/aromatic N) is 1. The summed E-state index contributed by atoms with van der Waals surface area (Å²) in [6.45, 7) is 7.22.